The molecule has 0 saturated heterocycles. The predicted molar refractivity (Wildman–Crippen MR) is 172 cm³/mol. The highest BCUT2D eigenvalue weighted by molar-refractivity contribution is 7.08. The van der Waals surface area contributed by atoms with Crippen molar-refractivity contribution in [3.8, 4) is 0 Å². The Morgan fingerprint density at radius 1 is 0.667 bits per heavy atom. The van der Waals surface area contributed by atoms with E-state index in [1.807, 2.05) is 11.3 Å². The van der Waals surface area contributed by atoms with Crippen LogP contribution in [0.1, 0.15) is 153 Å². The van der Waals surface area contributed by atoms with Crippen molar-refractivity contribution < 1.29 is 10.2 Å². The summed E-state index contributed by atoms with van der Waals surface area (Å²) in [6.07, 6.45) is 9.84. The molecule has 0 radical (unpaired) electrons. The summed E-state index contributed by atoms with van der Waals surface area (Å²) in [5.74, 6) is 3.22. The van der Waals surface area contributed by atoms with E-state index in [2.05, 4.69) is 107 Å². The topological polar surface area (TPSA) is 40.5 Å². The van der Waals surface area contributed by atoms with Crippen LogP contribution in [-0.2, 0) is 0 Å². The summed E-state index contributed by atoms with van der Waals surface area (Å²) in [4.78, 5) is 0. The van der Waals surface area contributed by atoms with Gasteiger partial charge in [0.1, 0.15) is 0 Å². The lowest BCUT2D eigenvalue weighted by Gasteiger charge is -2.48. The van der Waals surface area contributed by atoms with Crippen molar-refractivity contribution in [1.82, 2.24) is 0 Å². The molecule has 3 atom stereocenters. The molecule has 0 spiro atoms. The van der Waals surface area contributed by atoms with Gasteiger partial charge in [0.25, 0.3) is 0 Å². The molecule has 3 saturated carbocycles. The number of aliphatic hydroxyl groups is 2. The molecule has 39 heavy (non-hydrogen) atoms. The lowest BCUT2D eigenvalue weighted by molar-refractivity contribution is -0.0918. The van der Waals surface area contributed by atoms with Gasteiger partial charge in [0.05, 0.1) is 12.2 Å². The first kappa shape index (κ1) is 34.8. The van der Waals surface area contributed by atoms with E-state index < -0.39 is 0 Å². The van der Waals surface area contributed by atoms with Gasteiger partial charge in [-0.1, -0.05) is 96.4 Å². The fourth-order valence-corrected chi connectivity index (χ4v) is 10.3. The largest absolute Gasteiger partial charge is 0.392 e. The van der Waals surface area contributed by atoms with Gasteiger partial charge in [-0.05, 0) is 118 Å². The average Bonchev–Trinajstić information content (AvgIpc) is 3.30. The molecular weight excluding hydrogens is 496 g/mol. The quantitative estimate of drug-likeness (QED) is 0.376. The molecule has 1 aromatic heterocycles. The van der Waals surface area contributed by atoms with Crippen LogP contribution in [-0.4, -0.2) is 22.4 Å². The molecule has 0 bridgehead atoms. The van der Waals surface area contributed by atoms with Crippen LogP contribution < -0.4 is 0 Å². The monoisotopic (exact) mass is 562 g/mol. The van der Waals surface area contributed by atoms with Crippen molar-refractivity contribution >= 4 is 11.3 Å². The molecule has 3 fully saturated rings. The third kappa shape index (κ3) is 9.31. The third-order valence-corrected chi connectivity index (χ3v) is 11.3. The van der Waals surface area contributed by atoms with Crippen LogP contribution in [0.4, 0.5) is 0 Å². The summed E-state index contributed by atoms with van der Waals surface area (Å²) in [6.45, 7) is 29.2. The highest BCUT2D eigenvalue weighted by atomic mass is 32.1. The second-order valence-electron chi connectivity index (χ2n) is 17.5. The van der Waals surface area contributed by atoms with Crippen LogP contribution in [0, 0.1) is 44.8 Å². The highest BCUT2D eigenvalue weighted by Crippen LogP contribution is 2.50. The van der Waals surface area contributed by atoms with Gasteiger partial charge in [0, 0.05) is 0 Å². The Bertz CT molecular complexity index is 791. The van der Waals surface area contributed by atoms with Gasteiger partial charge in [0.2, 0.25) is 0 Å². The second kappa shape index (κ2) is 12.9. The zero-order chi connectivity index (χ0) is 30.0. The summed E-state index contributed by atoms with van der Waals surface area (Å²) >= 11 is 1.84. The first-order valence-electron chi connectivity index (χ1n) is 16.0. The maximum absolute atomic E-state index is 10.1. The van der Waals surface area contributed by atoms with Crippen molar-refractivity contribution in [2.75, 3.05) is 0 Å². The Kier molecular flexibility index (Phi) is 11.5. The van der Waals surface area contributed by atoms with Crippen molar-refractivity contribution in [2.45, 2.75) is 160 Å². The first-order valence-corrected chi connectivity index (χ1v) is 17.0. The number of aliphatic hydroxyl groups excluding tert-OH is 2. The van der Waals surface area contributed by atoms with E-state index in [4.69, 9.17) is 0 Å². The smallest absolute Gasteiger partial charge is 0.0642 e. The number of hydrogen-bond acceptors (Lipinski definition) is 3. The number of hydrogen-bond donors (Lipinski definition) is 2. The fraction of sp³-hybridized carbons (Fsp3) is 0.889. The molecule has 228 valence electrons. The van der Waals surface area contributed by atoms with Crippen LogP contribution in [0.3, 0.4) is 0 Å². The molecule has 0 aliphatic heterocycles. The van der Waals surface area contributed by atoms with Gasteiger partial charge >= 0.3 is 0 Å². The Balaban J connectivity index is 0.000000207. The summed E-state index contributed by atoms with van der Waals surface area (Å²) in [5, 5.41) is 24.7. The van der Waals surface area contributed by atoms with Crippen molar-refractivity contribution in [3.63, 3.8) is 0 Å². The second-order valence-corrected chi connectivity index (χ2v) is 18.2. The van der Waals surface area contributed by atoms with Gasteiger partial charge in [-0.15, -0.1) is 0 Å². The number of rotatable bonds is 2. The van der Waals surface area contributed by atoms with E-state index in [1.165, 1.54) is 25.7 Å². The van der Waals surface area contributed by atoms with Gasteiger partial charge in [-0.25, -0.2) is 0 Å². The SMILES string of the molecule is CC1CC(C)(C)C(O)C(C)(C)C1.CC1CC(C)(C)C(O)C(C)(C)C1.CCC1(C)CC(C)CC(c2ccsc2)C1. The Hall–Kier alpha value is -0.380. The summed E-state index contributed by atoms with van der Waals surface area (Å²) < 4.78 is 0. The molecule has 4 rings (SSSR count). The van der Waals surface area contributed by atoms with E-state index in [9.17, 15) is 10.2 Å². The summed E-state index contributed by atoms with van der Waals surface area (Å²) in [6, 6.07) is 2.32. The normalized spacial score (nSPS) is 38.4. The molecule has 2 nitrogen and oxygen atoms in total. The zero-order valence-electron chi connectivity index (χ0n) is 28.2. The molecule has 1 heterocycles. The van der Waals surface area contributed by atoms with Crippen molar-refractivity contribution in [2.24, 2.45) is 44.8 Å². The molecule has 2 N–H and O–H groups in total. The molecule has 1 aromatic rings. The maximum atomic E-state index is 10.1. The molecule has 3 unspecified atom stereocenters. The average molecular weight is 563 g/mol. The Morgan fingerprint density at radius 2 is 1.08 bits per heavy atom. The van der Waals surface area contributed by atoms with E-state index in [1.54, 1.807) is 5.56 Å². The van der Waals surface area contributed by atoms with Crippen LogP contribution in [0.5, 0.6) is 0 Å². The highest BCUT2D eigenvalue weighted by Gasteiger charge is 2.46. The molecule has 0 amide bonds. The molecular formula is C36H66O2S. The predicted octanol–water partition coefficient (Wildman–Crippen LogP) is 10.7. The molecule has 3 heteroatoms. The summed E-state index contributed by atoms with van der Waals surface area (Å²) in [5.41, 5.74) is 2.57. The maximum Gasteiger partial charge on any atom is 0.0642 e. The van der Waals surface area contributed by atoms with Crippen molar-refractivity contribution in [3.05, 3.63) is 22.4 Å². The van der Waals surface area contributed by atoms with E-state index in [-0.39, 0.29) is 33.9 Å². The standard InChI is InChI=1S/C14H22S.2C11H22O/c1-4-14(3)8-11(2)7-13(9-14)12-5-6-15-10-12;2*1-8-6-10(2,3)9(12)11(4,5)7-8/h5-6,10-11,13H,4,7-9H2,1-3H3;2*8-9,12H,6-7H2,1-5H3. The van der Waals surface area contributed by atoms with E-state index >= 15 is 0 Å². The van der Waals surface area contributed by atoms with E-state index in [0.29, 0.717) is 5.41 Å². The minimum absolute atomic E-state index is 0.0984. The Labute approximate surface area is 247 Å². The van der Waals surface area contributed by atoms with Crippen LogP contribution in [0.2, 0.25) is 0 Å². The van der Waals surface area contributed by atoms with Gasteiger partial charge in [-0.3, -0.25) is 0 Å². The zero-order valence-corrected chi connectivity index (χ0v) is 29.0. The molecule has 3 aliphatic carbocycles. The minimum Gasteiger partial charge on any atom is -0.392 e. The van der Waals surface area contributed by atoms with Crippen molar-refractivity contribution in [1.29, 1.82) is 0 Å². The molecule has 3 aliphatic rings. The van der Waals surface area contributed by atoms with Crippen LogP contribution in [0.25, 0.3) is 0 Å². The fourth-order valence-electron chi connectivity index (χ4n) is 9.52. The third-order valence-electron chi connectivity index (χ3n) is 10.6. The Morgan fingerprint density at radius 3 is 1.41 bits per heavy atom. The van der Waals surface area contributed by atoms with Crippen LogP contribution in [0.15, 0.2) is 16.8 Å². The number of thiophene rings is 1. The molecule has 0 aromatic carbocycles. The minimum atomic E-state index is -0.152. The van der Waals surface area contributed by atoms with Crippen LogP contribution >= 0.6 is 11.3 Å². The van der Waals surface area contributed by atoms with E-state index in [0.717, 1.165) is 49.4 Å². The lowest BCUT2D eigenvalue weighted by Crippen LogP contribution is -2.47. The summed E-state index contributed by atoms with van der Waals surface area (Å²) in [7, 11) is 0. The van der Waals surface area contributed by atoms with Gasteiger partial charge in [-0.2, -0.15) is 11.3 Å². The first-order chi connectivity index (χ1) is 17.6. The lowest BCUT2D eigenvalue weighted by atomic mass is 9.60. The van der Waals surface area contributed by atoms with Gasteiger partial charge in [0.15, 0.2) is 0 Å². The van der Waals surface area contributed by atoms with Gasteiger partial charge < -0.3 is 10.2 Å².